The lowest BCUT2D eigenvalue weighted by Crippen LogP contribution is -2.36. The molecule has 1 aromatic heterocycles. The van der Waals surface area contributed by atoms with Gasteiger partial charge in [0.1, 0.15) is 5.82 Å². The van der Waals surface area contributed by atoms with E-state index in [4.69, 9.17) is 0 Å². The van der Waals surface area contributed by atoms with Crippen LogP contribution in [0, 0.1) is 13.8 Å². The molecule has 5 nitrogen and oxygen atoms in total. The summed E-state index contributed by atoms with van der Waals surface area (Å²) in [5, 5.41) is 3.06. The summed E-state index contributed by atoms with van der Waals surface area (Å²) in [4.78, 5) is 30.8. The second-order valence-electron chi connectivity index (χ2n) is 5.65. The highest BCUT2D eigenvalue weighted by Crippen LogP contribution is 2.17. The summed E-state index contributed by atoms with van der Waals surface area (Å²) in [5.74, 6) is 0.511. The first-order valence-electron chi connectivity index (χ1n) is 7.42. The van der Waals surface area contributed by atoms with Crippen molar-refractivity contribution in [3.63, 3.8) is 0 Å². The Morgan fingerprint density at radius 3 is 2.50 bits per heavy atom. The SMILES string of the molecule is Cc1nc(C)c(CC(=O)NC2CCCCCC2)c(=O)[nH]1. The Labute approximate surface area is 119 Å². The van der Waals surface area contributed by atoms with E-state index in [0.717, 1.165) is 12.8 Å². The second-order valence-corrected chi connectivity index (χ2v) is 5.65. The average molecular weight is 277 g/mol. The number of carbonyl (C=O) groups excluding carboxylic acids is 1. The summed E-state index contributed by atoms with van der Waals surface area (Å²) in [6.45, 7) is 3.51. The Hall–Kier alpha value is -1.65. The van der Waals surface area contributed by atoms with Crippen LogP contribution in [0.25, 0.3) is 0 Å². The van der Waals surface area contributed by atoms with Crippen LogP contribution in [0.15, 0.2) is 4.79 Å². The van der Waals surface area contributed by atoms with E-state index in [1.807, 2.05) is 0 Å². The molecule has 1 fully saturated rings. The summed E-state index contributed by atoms with van der Waals surface area (Å²) in [5.41, 5.74) is 0.912. The lowest BCUT2D eigenvalue weighted by molar-refractivity contribution is -0.121. The zero-order valence-electron chi connectivity index (χ0n) is 12.3. The molecular weight excluding hydrogens is 254 g/mol. The van der Waals surface area contributed by atoms with Crippen molar-refractivity contribution in [1.29, 1.82) is 0 Å². The van der Waals surface area contributed by atoms with Crippen LogP contribution >= 0.6 is 0 Å². The van der Waals surface area contributed by atoms with E-state index >= 15 is 0 Å². The van der Waals surface area contributed by atoms with Crippen molar-refractivity contribution in [2.45, 2.75) is 64.8 Å². The van der Waals surface area contributed by atoms with Gasteiger partial charge >= 0.3 is 0 Å². The lowest BCUT2D eigenvalue weighted by atomic mass is 10.1. The maximum Gasteiger partial charge on any atom is 0.254 e. The fraction of sp³-hybridized carbons (Fsp3) is 0.667. The van der Waals surface area contributed by atoms with Gasteiger partial charge in [0.25, 0.3) is 5.56 Å². The fourth-order valence-electron chi connectivity index (χ4n) is 2.82. The minimum absolute atomic E-state index is 0.0730. The molecule has 0 aliphatic heterocycles. The van der Waals surface area contributed by atoms with E-state index in [0.29, 0.717) is 17.1 Å². The number of nitrogens with one attached hydrogen (secondary N) is 2. The smallest absolute Gasteiger partial charge is 0.254 e. The van der Waals surface area contributed by atoms with E-state index in [-0.39, 0.29) is 23.9 Å². The van der Waals surface area contributed by atoms with Crippen LogP contribution in [-0.2, 0) is 11.2 Å². The molecule has 1 amide bonds. The molecule has 0 unspecified atom stereocenters. The molecule has 1 aliphatic carbocycles. The van der Waals surface area contributed by atoms with E-state index in [2.05, 4.69) is 15.3 Å². The molecule has 0 radical (unpaired) electrons. The van der Waals surface area contributed by atoms with Gasteiger partial charge in [-0.25, -0.2) is 4.98 Å². The van der Waals surface area contributed by atoms with Crippen molar-refractivity contribution < 1.29 is 4.79 Å². The van der Waals surface area contributed by atoms with E-state index in [9.17, 15) is 9.59 Å². The summed E-state index contributed by atoms with van der Waals surface area (Å²) in [7, 11) is 0. The first-order valence-corrected chi connectivity index (χ1v) is 7.42. The largest absolute Gasteiger partial charge is 0.353 e. The number of amides is 1. The quantitative estimate of drug-likeness (QED) is 0.827. The number of H-pyrrole nitrogens is 1. The molecule has 0 saturated heterocycles. The fourth-order valence-corrected chi connectivity index (χ4v) is 2.82. The second kappa shape index (κ2) is 6.68. The summed E-state index contributed by atoms with van der Waals surface area (Å²) in [6, 6.07) is 0.266. The number of rotatable bonds is 3. The minimum Gasteiger partial charge on any atom is -0.353 e. The van der Waals surface area contributed by atoms with E-state index in [1.165, 1.54) is 25.7 Å². The Balaban J connectivity index is 1.99. The van der Waals surface area contributed by atoms with Crippen LogP contribution in [0.2, 0.25) is 0 Å². The number of aromatic amines is 1. The topological polar surface area (TPSA) is 74.8 Å². The molecule has 110 valence electrons. The van der Waals surface area contributed by atoms with Crippen molar-refractivity contribution in [2.75, 3.05) is 0 Å². The molecule has 0 atom stereocenters. The molecule has 2 N–H and O–H groups in total. The van der Waals surface area contributed by atoms with Crippen molar-refractivity contribution in [2.24, 2.45) is 0 Å². The highest BCUT2D eigenvalue weighted by Gasteiger charge is 2.17. The van der Waals surface area contributed by atoms with Crippen LogP contribution in [-0.4, -0.2) is 21.9 Å². The normalized spacial score (nSPS) is 16.7. The van der Waals surface area contributed by atoms with Gasteiger partial charge in [0.05, 0.1) is 6.42 Å². The predicted molar refractivity (Wildman–Crippen MR) is 77.7 cm³/mol. The third-order valence-electron chi connectivity index (χ3n) is 3.90. The number of aromatic nitrogens is 2. The molecule has 5 heteroatoms. The van der Waals surface area contributed by atoms with Gasteiger partial charge in [-0.1, -0.05) is 25.7 Å². The van der Waals surface area contributed by atoms with Crippen LogP contribution in [0.4, 0.5) is 0 Å². The highest BCUT2D eigenvalue weighted by molar-refractivity contribution is 5.79. The van der Waals surface area contributed by atoms with Crippen molar-refractivity contribution >= 4 is 5.91 Å². The Kier molecular flexibility index (Phi) is 4.93. The highest BCUT2D eigenvalue weighted by atomic mass is 16.2. The standard InChI is InChI=1S/C15H23N3O2/c1-10-13(15(20)17-11(2)16-10)9-14(19)18-12-7-5-3-4-6-8-12/h12H,3-9H2,1-2H3,(H,18,19)(H,16,17,20). The zero-order valence-corrected chi connectivity index (χ0v) is 12.3. The summed E-state index contributed by atoms with van der Waals surface area (Å²) < 4.78 is 0. The predicted octanol–water partition coefficient (Wildman–Crippen LogP) is 1.77. The molecule has 0 aromatic carbocycles. The first-order chi connectivity index (χ1) is 9.56. The molecule has 20 heavy (non-hydrogen) atoms. The Bertz CT molecular complexity index is 528. The van der Waals surface area contributed by atoms with E-state index in [1.54, 1.807) is 13.8 Å². The third-order valence-corrected chi connectivity index (χ3v) is 3.90. The third kappa shape index (κ3) is 3.92. The van der Waals surface area contributed by atoms with Gasteiger partial charge in [-0.2, -0.15) is 0 Å². The van der Waals surface area contributed by atoms with Crippen molar-refractivity contribution in [1.82, 2.24) is 15.3 Å². The van der Waals surface area contributed by atoms with Crippen LogP contribution in [0.3, 0.4) is 0 Å². The molecule has 1 aromatic rings. The number of nitrogens with zero attached hydrogens (tertiary/aromatic N) is 1. The molecule has 2 rings (SSSR count). The van der Waals surface area contributed by atoms with Crippen LogP contribution in [0.1, 0.15) is 55.6 Å². The van der Waals surface area contributed by atoms with Gasteiger partial charge in [0.2, 0.25) is 5.91 Å². The molecule has 1 saturated carbocycles. The first kappa shape index (κ1) is 14.8. The van der Waals surface area contributed by atoms with Gasteiger partial charge in [-0.3, -0.25) is 9.59 Å². The monoisotopic (exact) mass is 277 g/mol. The molecule has 0 bridgehead atoms. The summed E-state index contributed by atoms with van der Waals surface area (Å²) in [6.07, 6.45) is 7.08. The van der Waals surface area contributed by atoms with Crippen LogP contribution in [0.5, 0.6) is 0 Å². The number of aryl methyl sites for hydroxylation is 2. The van der Waals surface area contributed by atoms with Gasteiger partial charge in [-0.15, -0.1) is 0 Å². The maximum atomic E-state index is 12.1. The van der Waals surface area contributed by atoms with E-state index < -0.39 is 0 Å². The number of carbonyl (C=O) groups is 1. The number of hydrogen-bond donors (Lipinski definition) is 2. The number of hydrogen-bond acceptors (Lipinski definition) is 3. The van der Waals surface area contributed by atoms with Gasteiger partial charge in [0.15, 0.2) is 0 Å². The zero-order chi connectivity index (χ0) is 14.5. The molecular formula is C15H23N3O2. The minimum atomic E-state index is -0.203. The Morgan fingerprint density at radius 1 is 1.25 bits per heavy atom. The average Bonchev–Trinajstić information content (AvgIpc) is 2.62. The molecule has 0 spiro atoms. The molecule has 1 aliphatic rings. The van der Waals surface area contributed by atoms with Gasteiger partial charge in [-0.05, 0) is 26.7 Å². The van der Waals surface area contributed by atoms with Gasteiger partial charge in [0, 0.05) is 17.3 Å². The van der Waals surface area contributed by atoms with Crippen LogP contribution < -0.4 is 10.9 Å². The van der Waals surface area contributed by atoms with Crippen molar-refractivity contribution in [3.8, 4) is 0 Å². The van der Waals surface area contributed by atoms with Crippen molar-refractivity contribution in [3.05, 3.63) is 27.4 Å². The molecule has 1 heterocycles. The Morgan fingerprint density at radius 2 is 1.90 bits per heavy atom. The lowest BCUT2D eigenvalue weighted by Gasteiger charge is -2.16. The summed E-state index contributed by atoms with van der Waals surface area (Å²) >= 11 is 0. The maximum absolute atomic E-state index is 12.1. The van der Waals surface area contributed by atoms with Gasteiger partial charge < -0.3 is 10.3 Å².